The van der Waals surface area contributed by atoms with Crippen LogP contribution >= 0.6 is 11.8 Å². The molecule has 0 bridgehead atoms. The van der Waals surface area contributed by atoms with Crippen molar-refractivity contribution in [3.8, 4) is 0 Å². The van der Waals surface area contributed by atoms with Crippen LogP contribution < -0.4 is 5.73 Å². The second-order valence-electron chi connectivity index (χ2n) is 4.37. The maximum Gasteiger partial charge on any atom is 0.341 e. The number of fused-ring (bicyclic) bond motifs is 1. The Morgan fingerprint density at radius 3 is 3.10 bits per heavy atom. The Balaban J connectivity index is 2.07. The highest BCUT2D eigenvalue weighted by Gasteiger charge is 2.26. The monoisotopic (exact) mass is 309 g/mol. The first-order valence-corrected chi connectivity index (χ1v) is 7.32. The van der Waals surface area contributed by atoms with Crippen LogP contribution in [0.4, 0.5) is 0 Å². The number of nitrogens with two attached hydrogens (primary N) is 1. The summed E-state index contributed by atoms with van der Waals surface area (Å²) in [6.45, 7) is 3.77. The van der Waals surface area contributed by atoms with Crippen LogP contribution in [-0.2, 0) is 21.0 Å². The highest BCUT2D eigenvalue weighted by molar-refractivity contribution is 8.00. The summed E-state index contributed by atoms with van der Waals surface area (Å²) < 4.78 is 5.00. The number of nitrogens with zero attached hydrogens (tertiary/aromatic N) is 2. The van der Waals surface area contributed by atoms with E-state index in [-0.39, 0.29) is 30.6 Å². The number of cyclic esters (lactones) is 1. The SMILES string of the molecule is CCC(=O)O/N=C(/N)CSc1nc(C)cc2c1C(=O)OC2. The van der Waals surface area contributed by atoms with Gasteiger partial charge in [0.1, 0.15) is 11.6 Å². The molecule has 0 saturated carbocycles. The molecular formula is C13H15N3O4S. The molecule has 112 valence electrons. The number of oxime groups is 1. The van der Waals surface area contributed by atoms with E-state index >= 15 is 0 Å². The Morgan fingerprint density at radius 2 is 2.38 bits per heavy atom. The summed E-state index contributed by atoms with van der Waals surface area (Å²) in [6.07, 6.45) is 0.225. The van der Waals surface area contributed by atoms with Crippen molar-refractivity contribution in [2.75, 3.05) is 5.75 Å². The van der Waals surface area contributed by atoms with Gasteiger partial charge in [0.05, 0.1) is 11.3 Å². The first-order chi connectivity index (χ1) is 10.0. The van der Waals surface area contributed by atoms with E-state index in [2.05, 4.69) is 15.0 Å². The summed E-state index contributed by atoms with van der Waals surface area (Å²) in [5.41, 5.74) is 7.74. The summed E-state index contributed by atoms with van der Waals surface area (Å²) >= 11 is 1.25. The second kappa shape index (κ2) is 6.57. The minimum Gasteiger partial charge on any atom is -0.457 e. The van der Waals surface area contributed by atoms with Crippen LogP contribution in [0.15, 0.2) is 16.2 Å². The van der Waals surface area contributed by atoms with Crippen molar-refractivity contribution in [2.24, 2.45) is 10.9 Å². The number of hydrogen-bond acceptors (Lipinski definition) is 7. The quantitative estimate of drug-likeness (QED) is 0.219. The van der Waals surface area contributed by atoms with Gasteiger partial charge < -0.3 is 15.3 Å². The van der Waals surface area contributed by atoms with Gasteiger partial charge in [-0.1, -0.05) is 23.8 Å². The van der Waals surface area contributed by atoms with Crippen LogP contribution in [0.5, 0.6) is 0 Å². The fraction of sp³-hybridized carbons (Fsp3) is 0.385. The minimum absolute atomic E-state index is 0.144. The Labute approximate surface area is 125 Å². The van der Waals surface area contributed by atoms with Gasteiger partial charge in [0.2, 0.25) is 0 Å². The van der Waals surface area contributed by atoms with Crippen molar-refractivity contribution in [3.63, 3.8) is 0 Å². The van der Waals surface area contributed by atoms with Gasteiger partial charge in [-0.2, -0.15) is 0 Å². The molecule has 2 rings (SSSR count). The number of hydrogen-bond donors (Lipinski definition) is 1. The summed E-state index contributed by atoms with van der Waals surface area (Å²) in [6, 6.07) is 1.82. The van der Waals surface area contributed by atoms with Gasteiger partial charge in [-0.05, 0) is 13.0 Å². The molecule has 0 atom stereocenters. The van der Waals surface area contributed by atoms with Crippen LogP contribution in [-0.4, -0.2) is 28.5 Å². The van der Waals surface area contributed by atoms with Crippen molar-refractivity contribution in [2.45, 2.75) is 31.9 Å². The lowest BCUT2D eigenvalue weighted by atomic mass is 10.1. The number of aryl methyl sites for hydroxylation is 1. The number of carbonyl (C=O) groups excluding carboxylic acids is 2. The van der Waals surface area contributed by atoms with Crippen LogP contribution in [0, 0.1) is 6.92 Å². The van der Waals surface area contributed by atoms with Crippen molar-refractivity contribution in [1.29, 1.82) is 0 Å². The second-order valence-corrected chi connectivity index (χ2v) is 5.33. The highest BCUT2D eigenvalue weighted by Crippen LogP contribution is 2.29. The first-order valence-electron chi connectivity index (χ1n) is 6.34. The number of carbonyl (C=O) groups is 2. The molecule has 0 amide bonds. The van der Waals surface area contributed by atoms with Crippen molar-refractivity contribution >= 4 is 29.5 Å². The molecule has 0 radical (unpaired) electrons. The predicted molar refractivity (Wildman–Crippen MR) is 76.8 cm³/mol. The van der Waals surface area contributed by atoms with Gasteiger partial charge in [0, 0.05) is 17.7 Å². The van der Waals surface area contributed by atoms with Gasteiger partial charge in [-0.15, -0.1) is 0 Å². The summed E-state index contributed by atoms with van der Waals surface area (Å²) in [5, 5.41) is 4.07. The Kier molecular flexibility index (Phi) is 4.79. The summed E-state index contributed by atoms with van der Waals surface area (Å²) in [5.74, 6) is -0.438. The first kappa shape index (κ1) is 15.3. The number of rotatable bonds is 5. The number of pyridine rings is 1. The number of aromatic nitrogens is 1. The van der Waals surface area contributed by atoms with Crippen LogP contribution in [0.25, 0.3) is 0 Å². The molecule has 1 aromatic heterocycles. The van der Waals surface area contributed by atoms with Crippen molar-refractivity contribution in [1.82, 2.24) is 4.98 Å². The van der Waals surface area contributed by atoms with Crippen LogP contribution in [0.2, 0.25) is 0 Å². The van der Waals surface area contributed by atoms with E-state index in [0.29, 0.717) is 10.6 Å². The zero-order chi connectivity index (χ0) is 15.4. The zero-order valence-corrected chi connectivity index (χ0v) is 12.5. The van der Waals surface area contributed by atoms with Gasteiger partial charge in [-0.25, -0.2) is 14.6 Å². The Morgan fingerprint density at radius 1 is 1.62 bits per heavy atom. The van der Waals surface area contributed by atoms with Gasteiger partial charge in [-0.3, -0.25) is 0 Å². The number of ether oxygens (including phenoxy) is 1. The standard InChI is InChI=1S/C13H15N3O4S/c1-3-10(17)20-16-9(14)6-21-12-11-8(4-7(2)15-12)5-19-13(11)18/h4H,3,5-6H2,1-2H3,(H2,14,16). The maximum absolute atomic E-state index is 11.7. The van der Waals surface area contributed by atoms with E-state index in [9.17, 15) is 9.59 Å². The van der Waals surface area contributed by atoms with E-state index in [1.165, 1.54) is 11.8 Å². The molecule has 2 N–H and O–H groups in total. The van der Waals surface area contributed by atoms with E-state index in [1.54, 1.807) is 6.92 Å². The molecule has 7 nitrogen and oxygen atoms in total. The Bertz CT molecular complexity index is 616. The topological polar surface area (TPSA) is 104 Å². The molecule has 0 fully saturated rings. The molecule has 1 aliphatic heterocycles. The third-order valence-electron chi connectivity index (χ3n) is 2.67. The third kappa shape index (κ3) is 3.72. The normalized spacial score (nSPS) is 13.8. The zero-order valence-electron chi connectivity index (χ0n) is 11.7. The molecule has 0 spiro atoms. The van der Waals surface area contributed by atoms with Crippen LogP contribution in [0.1, 0.15) is 35.0 Å². The molecule has 1 aromatic rings. The van der Waals surface area contributed by atoms with Crippen molar-refractivity contribution < 1.29 is 19.2 Å². The molecular weight excluding hydrogens is 294 g/mol. The molecule has 0 aliphatic carbocycles. The number of thioether (sulfide) groups is 1. The summed E-state index contributed by atoms with van der Waals surface area (Å²) in [7, 11) is 0. The average molecular weight is 309 g/mol. The smallest absolute Gasteiger partial charge is 0.341 e. The molecule has 1 aliphatic rings. The van der Waals surface area contributed by atoms with Crippen molar-refractivity contribution in [3.05, 3.63) is 22.9 Å². The highest BCUT2D eigenvalue weighted by atomic mass is 32.2. The molecule has 0 aromatic carbocycles. The number of amidine groups is 1. The Hall–Kier alpha value is -2.09. The maximum atomic E-state index is 11.7. The molecule has 0 saturated heterocycles. The lowest BCUT2D eigenvalue weighted by Crippen LogP contribution is -2.16. The van der Waals surface area contributed by atoms with E-state index in [0.717, 1.165) is 11.3 Å². The van der Waals surface area contributed by atoms with Gasteiger partial charge in [0.25, 0.3) is 0 Å². The van der Waals surface area contributed by atoms with E-state index < -0.39 is 5.97 Å². The fourth-order valence-corrected chi connectivity index (χ4v) is 2.61. The predicted octanol–water partition coefficient (Wildman–Crippen LogP) is 1.38. The third-order valence-corrected chi connectivity index (χ3v) is 3.68. The van der Waals surface area contributed by atoms with E-state index in [1.807, 2.05) is 13.0 Å². The lowest BCUT2D eigenvalue weighted by Gasteiger charge is -2.05. The molecule has 8 heteroatoms. The van der Waals surface area contributed by atoms with Gasteiger partial charge >= 0.3 is 11.9 Å². The fourth-order valence-electron chi connectivity index (χ4n) is 1.70. The average Bonchev–Trinajstić information content (AvgIpc) is 2.83. The minimum atomic E-state index is -0.457. The molecule has 2 heterocycles. The van der Waals surface area contributed by atoms with E-state index in [4.69, 9.17) is 10.5 Å². The number of esters is 1. The lowest BCUT2D eigenvalue weighted by molar-refractivity contribution is -0.143. The molecule has 21 heavy (non-hydrogen) atoms. The molecule has 0 unspecified atom stereocenters. The van der Waals surface area contributed by atoms with Gasteiger partial charge in [0.15, 0.2) is 5.84 Å². The van der Waals surface area contributed by atoms with Crippen LogP contribution in [0.3, 0.4) is 0 Å². The largest absolute Gasteiger partial charge is 0.457 e. The summed E-state index contributed by atoms with van der Waals surface area (Å²) in [4.78, 5) is 31.6.